The minimum atomic E-state index is 0.638. The molecule has 4 unspecified atom stereocenters. The van der Waals surface area contributed by atoms with E-state index in [1.807, 2.05) is 4.93 Å². The monoisotopic (exact) mass is 1320 g/mol. The molecule has 6 aliphatic carbocycles. The fourth-order valence-electron chi connectivity index (χ4n) is 24.9. The second-order valence-corrected chi connectivity index (χ2v) is 32.7. The van der Waals surface area contributed by atoms with Crippen LogP contribution in [0.5, 0.6) is 0 Å². The molecule has 0 aromatic heterocycles. The van der Waals surface area contributed by atoms with Gasteiger partial charge in [-0.05, 0) is 296 Å². The van der Waals surface area contributed by atoms with Gasteiger partial charge in [0.05, 0.1) is 26.7 Å². The summed E-state index contributed by atoms with van der Waals surface area (Å²) >= 11 is 2.15. The van der Waals surface area contributed by atoms with Crippen molar-refractivity contribution in [1.82, 2.24) is 4.90 Å². The predicted molar refractivity (Wildman–Crippen MR) is 409 cm³/mol. The minimum absolute atomic E-state index is 0.638. The van der Waals surface area contributed by atoms with E-state index in [9.17, 15) is 0 Å². The third-order valence-electron chi connectivity index (χ3n) is 28.1. The first kappa shape index (κ1) is 52.6. The van der Waals surface area contributed by atoms with Crippen LogP contribution < -0.4 is 0 Å². The molecule has 18 aromatic rings. The number of rotatable bonds is 18. The number of likely N-dealkylation sites (N-methyl/N-ethyl adjacent to an activating group) is 1. The first-order valence-electron chi connectivity index (χ1n) is 37.4. The zero-order valence-electron chi connectivity index (χ0n) is 54.9. The molecule has 93 heavy (non-hydrogen) atoms. The Kier molecular flexibility index (Phi) is 10.1. The van der Waals surface area contributed by atoms with Crippen molar-refractivity contribution in [2.45, 2.75) is 166 Å². The number of fused-ring (bicyclic) bond motifs is 6. The number of halogens is 1. The normalized spacial score (nSPS) is 21.4. The lowest BCUT2D eigenvalue weighted by Crippen LogP contribution is -2.42. The highest BCUT2D eigenvalue weighted by molar-refractivity contribution is 14.1. The lowest BCUT2D eigenvalue weighted by Gasteiger charge is -2.30. The number of nitrogens with zero attached hydrogens (tertiary/aromatic N) is 2. The van der Waals surface area contributed by atoms with Gasteiger partial charge in [-0.1, -0.05) is 193 Å². The highest BCUT2D eigenvalue weighted by atomic mass is 127. The van der Waals surface area contributed by atoms with Crippen molar-refractivity contribution in [2.24, 2.45) is 0 Å². The summed E-state index contributed by atoms with van der Waals surface area (Å²) in [5.41, 5.74) is 19.8. The zero-order valence-corrected chi connectivity index (χ0v) is 57.1. The molecule has 2 nitrogen and oxygen atoms in total. The standard InChI is InChI=1S/C45H40N.C44H37N.CH3I/c1-3-4-5-6-7-8-9-10-13-46(2)20-30-28-18-26-16-24-14-22-11-12-23-15-25-17-27-19-29(31(30)21-46)39-38(28)42-36(26)34(24)40-32(22)33(23)41-35(25)37(27)43(39)45(42)44(40)41;1-2-3-4-5-6-7-8-9-12-45-19-29-27-17-25-15-23-13-21-10-11-22-14-24-16-26-18-28(30(29)20-45)38-37(27)41-35(25)33(23)39-31(21)32(22)40-34(24)36(26)42(38)44(41)43(39)40;1-2/h11-12,14-15,18-19,30-31H,3-10,13,16-17,20-21H2,1-2H3;10-11,13-14,17-18,29-30H,2-9,12,15-16,19-20H2,1H3;1H3/q+1;;. The van der Waals surface area contributed by atoms with Gasteiger partial charge in [0.1, 0.15) is 0 Å². The quantitative estimate of drug-likeness (QED) is 0.0272. The fourth-order valence-corrected chi connectivity index (χ4v) is 24.9. The molecule has 2 heterocycles. The van der Waals surface area contributed by atoms with E-state index in [-0.39, 0.29) is 0 Å². The number of hydrogen-bond donors (Lipinski definition) is 0. The van der Waals surface area contributed by atoms with Crippen LogP contribution in [0.25, 0.3) is 172 Å². The summed E-state index contributed by atoms with van der Waals surface area (Å²) in [7, 11) is 2.62. The Hall–Kier alpha value is -6.63. The summed E-state index contributed by atoms with van der Waals surface area (Å²) in [4.78, 5) is 4.84. The summed E-state index contributed by atoms with van der Waals surface area (Å²) in [6.45, 7) is 12.4. The maximum Gasteiger partial charge on any atom is 0.0862 e. The van der Waals surface area contributed by atoms with E-state index in [1.165, 1.54) is 168 Å². The fraction of sp³-hybridized carbons (Fsp3) is 0.378. The van der Waals surface area contributed by atoms with E-state index in [1.54, 1.807) is 218 Å². The number of unbranched alkanes of at least 4 members (excludes halogenated alkanes) is 14. The molecule has 0 radical (unpaired) electrons. The predicted octanol–water partition coefficient (Wildman–Crippen LogP) is 24.3. The van der Waals surface area contributed by atoms with Crippen molar-refractivity contribution < 1.29 is 4.48 Å². The third-order valence-corrected chi connectivity index (χ3v) is 28.1. The highest BCUT2D eigenvalue weighted by Crippen LogP contribution is 2.68. The molecule has 0 bridgehead atoms. The Morgan fingerprint density at radius 3 is 0.882 bits per heavy atom. The van der Waals surface area contributed by atoms with Crippen molar-refractivity contribution in [3.63, 3.8) is 0 Å². The van der Waals surface area contributed by atoms with Crippen LogP contribution in [0.15, 0.2) is 72.8 Å². The second-order valence-electron chi connectivity index (χ2n) is 32.7. The summed E-state index contributed by atoms with van der Waals surface area (Å²) < 4.78 is 1.26. The maximum absolute atomic E-state index is 2.87. The Bertz CT molecular complexity index is 5890. The van der Waals surface area contributed by atoms with Gasteiger partial charge in [0.15, 0.2) is 0 Å². The molecule has 456 valence electrons. The molecule has 8 aliphatic rings. The number of benzene rings is 14. The van der Waals surface area contributed by atoms with Crippen molar-refractivity contribution >= 4 is 195 Å². The maximum atomic E-state index is 2.87. The summed E-state index contributed by atoms with van der Waals surface area (Å²) in [5, 5.41) is 51.6. The molecular weight excluding hydrogens is 1240 g/mol. The van der Waals surface area contributed by atoms with Gasteiger partial charge in [0, 0.05) is 36.8 Å². The Morgan fingerprint density at radius 1 is 0.301 bits per heavy atom. The zero-order chi connectivity index (χ0) is 60.7. The van der Waals surface area contributed by atoms with E-state index in [4.69, 9.17) is 0 Å². The number of alkyl halides is 1. The van der Waals surface area contributed by atoms with Crippen LogP contribution in [0.2, 0.25) is 0 Å². The van der Waals surface area contributed by atoms with Crippen LogP contribution in [-0.4, -0.2) is 60.6 Å². The smallest absolute Gasteiger partial charge is 0.0862 e. The first-order valence-corrected chi connectivity index (χ1v) is 39.5. The molecular formula is C90H80IN2+. The average Bonchev–Trinajstić information content (AvgIpc) is 1.47. The van der Waals surface area contributed by atoms with Crippen molar-refractivity contribution in [2.75, 3.05) is 51.2 Å². The molecule has 26 rings (SSSR count). The van der Waals surface area contributed by atoms with Crippen LogP contribution in [0, 0.1) is 0 Å². The molecule has 0 saturated carbocycles. The second kappa shape index (κ2) is 17.9. The molecule has 0 spiro atoms. The van der Waals surface area contributed by atoms with Crippen LogP contribution >= 0.6 is 22.6 Å². The van der Waals surface area contributed by atoms with E-state index in [2.05, 4.69) is 121 Å². The van der Waals surface area contributed by atoms with Gasteiger partial charge < -0.3 is 9.38 Å². The van der Waals surface area contributed by atoms with Gasteiger partial charge in [-0.15, -0.1) is 0 Å². The number of likely N-dealkylation sites (tertiary alicyclic amines) is 2. The average molecular weight is 1320 g/mol. The molecule has 18 aromatic carbocycles. The topological polar surface area (TPSA) is 3.24 Å². The molecule has 4 atom stereocenters. The molecule has 0 N–H and O–H groups in total. The van der Waals surface area contributed by atoms with Gasteiger partial charge in [0.2, 0.25) is 0 Å². The lowest BCUT2D eigenvalue weighted by molar-refractivity contribution is -0.899. The molecule has 0 amide bonds. The molecule has 2 fully saturated rings. The van der Waals surface area contributed by atoms with Gasteiger partial charge in [-0.2, -0.15) is 0 Å². The molecule has 3 heteroatoms. The summed E-state index contributed by atoms with van der Waals surface area (Å²) in [5.74, 6) is 2.58. The SMILES string of the molecule is CCCCCCCCCCN1CC2c3cc4c5c6c(cc7ccc8cc9c%10c%11c(cc(c%12c3c5c(c%12%11)c3c6c7c8c%103)C2C1)C9)C4.CCCCCCCCCC[N+]1(C)CC2c3cc4c5c6c(cc7ccc8cc9c%10c%11c(cc(c%12c3c5c(c%12%11)c3c6c7c8c%103)C2C1)C9)C4.CI. The number of quaternary nitrogens is 1. The molecule has 2 aliphatic heterocycles. The van der Waals surface area contributed by atoms with Crippen molar-refractivity contribution in [1.29, 1.82) is 0 Å². The van der Waals surface area contributed by atoms with Gasteiger partial charge >= 0.3 is 0 Å². The minimum Gasteiger partial charge on any atom is -0.325 e. The lowest BCUT2D eigenvalue weighted by atomic mass is 9.75. The van der Waals surface area contributed by atoms with Gasteiger partial charge in [-0.25, -0.2) is 0 Å². The summed E-state index contributed by atoms with van der Waals surface area (Å²) in [6, 6.07) is 31.1. The van der Waals surface area contributed by atoms with Crippen LogP contribution in [0.1, 0.15) is 207 Å². The number of hydrogen-bond acceptors (Lipinski definition) is 1. The molecule has 2 saturated heterocycles. The highest BCUT2D eigenvalue weighted by Gasteiger charge is 2.51. The van der Waals surface area contributed by atoms with E-state index in [0.717, 1.165) is 25.7 Å². The Balaban J connectivity index is 0.000000113. The van der Waals surface area contributed by atoms with Crippen LogP contribution in [0.3, 0.4) is 0 Å². The van der Waals surface area contributed by atoms with E-state index in [0.29, 0.717) is 23.7 Å². The van der Waals surface area contributed by atoms with Crippen molar-refractivity contribution in [3.05, 3.63) is 140 Å². The van der Waals surface area contributed by atoms with Gasteiger partial charge in [-0.3, -0.25) is 0 Å². The van der Waals surface area contributed by atoms with Gasteiger partial charge in [0.25, 0.3) is 0 Å². The first-order chi connectivity index (χ1) is 45.9. The largest absolute Gasteiger partial charge is 0.325 e. The Morgan fingerprint density at radius 2 is 0.559 bits per heavy atom. The van der Waals surface area contributed by atoms with Crippen molar-refractivity contribution in [3.8, 4) is 0 Å². The Labute approximate surface area is 557 Å². The van der Waals surface area contributed by atoms with E-state index < -0.39 is 0 Å². The van der Waals surface area contributed by atoms with Crippen LogP contribution in [0.4, 0.5) is 0 Å². The summed E-state index contributed by atoms with van der Waals surface area (Å²) in [6.07, 6.45) is 27.0. The third kappa shape index (κ3) is 6.00. The van der Waals surface area contributed by atoms with E-state index >= 15 is 0 Å². The van der Waals surface area contributed by atoms with Crippen LogP contribution in [-0.2, 0) is 25.7 Å².